The molecule has 0 aliphatic heterocycles. The molecule has 8 heteroatoms. The molecule has 0 bridgehead atoms. The predicted octanol–water partition coefficient (Wildman–Crippen LogP) is 6.05. The molecule has 0 atom stereocenters. The molecular formula is C28H28ClN3O4. The number of ether oxygens (including phenoxy) is 3. The number of rotatable bonds is 9. The third-order valence-electron chi connectivity index (χ3n) is 5.84. The van der Waals surface area contributed by atoms with Crippen LogP contribution in [-0.2, 0) is 13.2 Å². The number of benzene rings is 3. The first-order valence-electron chi connectivity index (χ1n) is 11.4. The second kappa shape index (κ2) is 11.2. The number of hydrogen-bond acceptors (Lipinski definition) is 5. The summed E-state index contributed by atoms with van der Waals surface area (Å²) in [6.07, 6.45) is 0. The lowest BCUT2D eigenvalue weighted by molar-refractivity contribution is 0.102. The van der Waals surface area contributed by atoms with E-state index in [4.69, 9.17) is 25.8 Å². The number of carbonyl (C=O) groups is 1. The second-order valence-electron chi connectivity index (χ2n) is 8.28. The minimum atomic E-state index is -0.238. The van der Waals surface area contributed by atoms with Crippen molar-refractivity contribution in [1.82, 2.24) is 9.78 Å². The van der Waals surface area contributed by atoms with Gasteiger partial charge in [0.1, 0.15) is 23.9 Å². The Kier molecular flexibility index (Phi) is 7.80. The van der Waals surface area contributed by atoms with Gasteiger partial charge in [0.15, 0.2) is 0 Å². The minimum Gasteiger partial charge on any atom is -0.497 e. The standard InChI is InChI=1S/C28H28ClN3O4/c1-18-27(19(2)32(31-18)16-20-6-5-7-25(14-20)34-3)30-28(33)21-8-13-26(35-4)22(15-21)17-36-24-11-9-23(29)10-12-24/h5-15H,16-17H2,1-4H3,(H,30,33). The number of anilines is 1. The first-order valence-corrected chi connectivity index (χ1v) is 11.8. The Morgan fingerprint density at radius 2 is 1.75 bits per heavy atom. The molecule has 0 aliphatic rings. The van der Waals surface area contributed by atoms with Gasteiger partial charge in [0.2, 0.25) is 0 Å². The summed E-state index contributed by atoms with van der Waals surface area (Å²) in [5.74, 6) is 1.86. The number of methoxy groups -OCH3 is 2. The predicted molar refractivity (Wildman–Crippen MR) is 141 cm³/mol. The molecule has 1 N–H and O–H groups in total. The van der Waals surface area contributed by atoms with Crippen molar-refractivity contribution in [2.75, 3.05) is 19.5 Å². The van der Waals surface area contributed by atoms with Crippen LogP contribution in [0.25, 0.3) is 0 Å². The Morgan fingerprint density at radius 1 is 0.972 bits per heavy atom. The number of hydrogen-bond donors (Lipinski definition) is 1. The van der Waals surface area contributed by atoms with E-state index in [2.05, 4.69) is 10.4 Å². The lowest BCUT2D eigenvalue weighted by Crippen LogP contribution is -2.14. The molecule has 1 amide bonds. The van der Waals surface area contributed by atoms with Gasteiger partial charge >= 0.3 is 0 Å². The number of amides is 1. The van der Waals surface area contributed by atoms with E-state index in [0.29, 0.717) is 34.3 Å². The lowest BCUT2D eigenvalue weighted by Gasteiger charge is -2.13. The number of halogens is 1. The highest BCUT2D eigenvalue weighted by Crippen LogP contribution is 2.26. The molecule has 36 heavy (non-hydrogen) atoms. The van der Waals surface area contributed by atoms with E-state index in [1.807, 2.05) is 42.8 Å². The third-order valence-corrected chi connectivity index (χ3v) is 6.09. The summed E-state index contributed by atoms with van der Waals surface area (Å²) in [7, 11) is 3.23. The fourth-order valence-corrected chi connectivity index (χ4v) is 4.01. The molecule has 3 aromatic carbocycles. The van der Waals surface area contributed by atoms with Crippen LogP contribution in [-0.4, -0.2) is 29.9 Å². The smallest absolute Gasteiger partial charge is 0.255 e. The minimum absolute atomic E-state index is 0.238. The van der Waals surface area contributed by atoms with E-state index in [1.54, 1.807) is 56.7 Å². The Balaban J connectivity index is 1.50. The number of carbonyl (C=O) groups excluding carboxylic acids is 1. The average Bonchev–Trinajstić information content (AvgIpc) is 3.15. The van der Waals surface area contributed by atoms with Gasteiger partial charge < -0.3 is 19.5 Å². The van der Waals surface area contributed by atoms with Gasteiger partial charge in [-0.05, 0) is 74.0 Å². The van der Waals surface area contributed by atoms with E-state index in [1.165, 1.54) is 0 Å². The summed E-state index contributed by atoms with van der Waals surface area (Å²) in [5.41, 5.74) is 4.59. The van der Waals surface area contributed by atoms with Crippen molar-refractivity contribution < 1.29 is 19.0 Å². The van der Waals surface area contributed by atoms with E-state index in [-0.39, 0.29) is 12.5 Å². The van der Waals surface area contributed by atoms with Gasteiger partial charge in [-0.2, -0.15) is 5.10 Å². The number of nitrogens with one attached hydrogen (secondary N) is 1. The van der Waals surface area contributed by atoms with Gasteiger partial charge in [0.05, 0.1) is 37.8 Å². The van der Waals surface area contributed by atoms with Crippen molar-refractivity contribution in [1.29, 1.82) is 0 Å². The normalized spacial score (nSPS) is 10.7. The molecule has 0 unspecified atom stereocenters. The maximum atomic E-state index is 13.2. The summed E-state index contributed by atoms with van der Waals surface area (Å²) in [5, 5.41) is 8.29. The Bertz CT molecular complexity index is 1370. The summed E-state index contributed by atoms with van der Waals surface area (Å²) in [4.78, 5) is 13.2. The maximum Gasteiger partial charge on any atom is 0.255 e. The molecule has 1 heterocycles. The van der Waals surface area contributed by atoms with E-state index in [9.17, 15) is 4.79 Å². The zero-order valence-electron chi connectivity index (χ0n) is 20.7. The van der Waals surface area contributed by atoms with Gasteiger partial charge in [-0.15, -0.1) is 0 Å². The highest BCUT2D eigenvalue weighted by Gasteiger charge is 2.17. The van der Waals surface area contributed by atoms with Crippen molar-refractivity contribution in [3.05, 3.63) is 99.8 Å². The molecule has 4 rings (SSSR count). The highest BCUT2D eigenvalue weighted by atomic mass is 35.5. The molecule has 186 valence electrons. The molecule has 1 aromatic heterocycles. The maximum absolute atomic E-state index is 13.2. The van der Waals surface area contributed by atoms with Crippen molar-refractivity contribution in [3.8, 4) is 17.2 Å². The Hall–Kier alpha value is -3.97. The van der Waals surface area contributed by atoms with Crippen molar-refractivity contribution >= 4 is 23.2 Å². The zero-order chi connectivity index (χ0) is 25.7. The van der Waals surface area contributed by atoms with Crippen LogP contribution in [0.4, 0.5) is 5.69 Å². The van der Waals surface area contributed by atoms with Crippen molar-refractivity contribution in [3.63, 3.8) is 0 Å². The fourth-order valence-electron chi connectivity index (χ4n) is 3.89. The van der Waals surface area contributed by atoms with Gasteiger partial charge in [0, 0.05) is 16.1 Å². The average molecular weight is 506 g/mol. The van der Waals surface area contributed by atoms with Gasteiger partial charge in [0.25, 0.3) is 5.91 Å². The molecular weight excluding hydrogens is 478 g/mol. The zero-order valence-corrected chi connectivity index (χ0v) is 21.4. The third kappa shape index (κ3) is 5.80. The number of aryl methyl sites for hydroxylation is 1. The van der Waals surface area contributed by atoms with Crippen LogP contribution in [0.3, 0.4) is 0 Å². The SMILES string of the molecule is COc1cccc(Cn2nc(C)c(NC(=O)c3ccc(OC)c(COc4ccc(Cl)cc4)c3)c2C)c1. The molecule has 0 fully saturated rings. The largest absolute Gasteiger partial charge is 0.497 e. The van der Waals surface area contributed by atoms with Crippen LogP contribution in [0.2, 0.25) is 5.02 Å². The van der Waals surface area contributed by atoms with Crippen LogP contribution < -0.4 is 19.5 Å². The van der Waals surface area contributed by atoms with E-state index in [0.717, 1.165) is 28.3 Å². The van der Waals surface area contributed by atoms with Crippen molar-refractivity contribution in [2.45, 2.75) is 27.0 Å². The molecule has 0 radical (unpaired) electrons. The monoisotopic (exact) mass is 505 g/mol. The summed E-state index contributed by atoms with van der Waals surface area (Å²) >= 11 is 5.94. The first kappa shape index (κ1) is 25.1. The van der Waals surface area contributed by atoms with Crippen LogP contribution in [0.5, 0.6) is 17.2 Å². The van der Waals surface area contributed by atoms with Gasteiger partial charge in [-0.3, -0.25) is 9.48 Å². The van der Waals surface area contributed by atoms with Crippen LogP contribution in [0, 0.1) is 13.8 Å². The molecule has 0 saturated carbocycles. The quantitative estimate of drug-likeness (QED) is 0.300. The first-order chi connectivity index (χ1) is 17.4. The summed E-state index contributed by atoms with van der Waals surface area (Å²) in [6, 6.07) is 20.2. The van der Waals surface area contributed by atoms with Crippen molar-refractivity contribution in [2.24, 2.45) is 0 Å². The highest BCUT2D eigenvalue weighted by molar-refractivity contribution is 6.30. The van der Waals surface area contributed by atoms with Crippen LogP contribution in [0.1, 0.15) is 32.9 Å². The van der Waals surface area contributed by atoms with Crippen LogP contribution in [0.15, 0.2) is 66.7 Å². The Morgan fingerprint density at radius 3 is 2.47 bits per heavy atom. The van der Waals surface area contributed by atoms with E-state index >= 15 is 0 Å². The van der Waals surface area contributed by atoms with Gasteiger partial charge in [-0.1, -0.05) is 23.7 Å². The molecule has 0 saturated heterocycles. The Labute approximate surface area is 215 Å². The fraction of sp³-hybridized carbons (Fsp3) is 0.214. The van der Waals surface area contributed by atoms with Gasteiger partial charge in [-0.25, -0.2) is 0 Å². The molecule has 0 aliphatic carbocycles. The summed E-state index contributed by atoms with van der Waals surface area (Å²) in [6.45, 7) is 4.62. The second-order valence-corrected chi connectivity index (χ2v) is 8.71. The van der Waals surface area contributed by atoms with E-state index < -0.39 is 0 Å². The lowest BCUT2D eigenvalue weighted by atomic mass is 10.1. The topological polar surface area (TPSA) is 74.6 Å². The number of aromatic nitrogens is 2. The van der Waals surface area contributed by atoms with Crippen LogP contribution >= 0.6 is 11.6 Å². The number of nitrogens with zero attached hydrogens (tertiary/aromatic N) is 2. The molecule has 0 spiro atoms. The summed E-state index contributed by atoms with van der Waals surface area (Å²) < 4.78 is 18.5. The molecule has 4 aromatic rings. The molecule has 7 nitrogen and oxygen atoms in total.